The highest BCUT2D eigenvalue weighted by atomic mass is 32.2. The van der Waals surface area contributed by atoms with Crippen LogP contribution < -0.4 is 0 Å². The van der Waals surface area contributed by atoms with Crippen LogP contribution in [0.4, 0.5) is 0 Å². The molecule has 4 aromatic rings. The topological polar surface area (TPSA) is 83.6 Å². The molecule has 0 fully saturated rings. The summed E-state index contributed by atoms with van der Waals surface area (Å²) in [5.41, 5.74) is 6.63. The molecule has 0 bridgehead atoms. The number of carbonyl (C=O) groups is 1. The number of aliphatic hydroxyl groups excluding tert-OH is 1. The molecule has 0 radical (unpaired) electrons. The zero-order chi connectivity index (χ0) is 23.9. The Morgan fingerprint density at radius 2 is 1.53 bits per heavy atom. The van der Waals surface area contributed by atoms with E-state index in [-0.39, 0.29) is 6.42 Å². The number of carboxylic acid groups (broad SMARTS) is 1. The van der Waals surface area contributed by atoms with E-state index in [0.717, 1.165) is 33.6 Å². The van der Waals surface area contributed by atoms with E-state index in [1.54, 1.807) is 11.8 Å². The maximum absolute atomic E-state index is 10.9. The van der Waals surface area contributed by atoms with Crippen molar-refractivity contribution < 1.29 is 19.5 Å². The Hall–Kier alpha value is -3.35. The first-order valence-corrected chi connectivity index (χ1v) is 12.3. The molecule has 1 aromatic heterocycles. The molecule has 0 saturated carbocycles. The highest BCUT2D eigenvalue weighted by Gasteiger charge is 2.22. The number of benzene rings is 3. The second kappa shape index (κ2) is 11.2. The fraction of sp³-hybridized carbons (Fsp3) is 0.214. The van der Waals surface area contributed by atoms with Crippen LogP contribution in [0.25, 0.3) is 22.5 Å². The van der Waals surface area contributed by atoms with Gasteiger partial charge in [-0.05, 0) is 35.6 Å². The first-order chi connectivity index (χ1) is 16.5. The van der Waals surface area contributed by atoms with Gasteiger partial charge in [0.05, 0.1) is 17.4 Å². The molecule has 5 nitrogen and oxygen atoms in total. The minimum atomic E-state index is -0.790. The Labute approximate surface area is 203 Å². The summed E-state index contributed by atoms with van der Waals surface area (Å²) >= 11 is 1.68. The highest BCUT2D eigenvalue weighted by molar-refractivity contribution is 7.98. The van der Waals surface area contributed by atoms with Crippen molar-refractivity contribution in [3.8, 4) is 22.5 Å². The molecule has 174 valence electrons. The number of carboxylic acids is 1. The maximum Gasteiger partial charge on any atom is 0.303 e. The zero-order valence-electron chi connectivity index (χ0n) is 19.0. The summed E-state index contributed by atoms with van der Waals surface area (Å²) in [5, 5.41) is 23.8. The monoisotopic (exact) mass is 473 g/mol. The number of rotatable bonds is 10. The van der Waals surface area contributed by atoms with Crippen molar-refractivity contribution in [2.24, 2.45) is 0 Å². The van der Waals surface area contributed by atoms with Gasteiger partial charge in [0.15, 0.2) is 5.76 Å². The van der Waals surface area contributed by atoms with Gasteiger partial charge in [0.2, 0.25) is 0 Å². The molecule has 3 aromatic carbocycles. The van der Waals surface area contributed by atoms with Crippen molar-refractivity contribution in [3.05, 3.63) is 101 Å². The smallest absolute Gasteiger partial charge is 0.303 e. The summed E-state index contributed by atoms with van der Waals surface area (Å²) in [5.74, 6) is 1.19. The summed E-state index contributed by atoms with van der Waals surface area (Å²) in [6.45, 7) is 1.85. The first kappa shape index (κ1) is 23.8. The number of aliphatic carboxylic acids is 1. The van der Waals surface area contributed by atoms with Crippen molar-refractivity contribution in [1.29, 1.82) is 0 Å². The Morgan fingerprint density at radius 3 is 2.18 bits per heavy atom. The van der Waals surface area contributed by atoms with Crippen molar-refractivity contribution in [2.45, 2.75) is 31.6 Å². The molecule has 1 atom stereocenters. The first-order valence-electron chi connectivity index (χ1n) is 11.2. The van der Waals surface area contributed by atoms with Gasteiger partial charge in [0.1, 0.15) is 0 Å². The van der Waals surface area contributed by atoms with Gasteiger partial charge >= 0.3 is 5.97 Å². The minimum absolute atomic E-state index is 0.129. The molecule has 0 aliphatic carbocycles. The van der Waals surface area contributed by atoms with E-state index in [1.165, 1.54) is 5.56 Å². The average Bonchev–Trinajstić information content (AvgIpc) is 3.25. The van der Waals surface area contributed by atoms with Crippen LogP contribution in [0, 0.1) is 6.92 Å². The summed E-state index contributed by atoms with van der Waals surface area (Å²) in [7, 11) is 0. The van der Waals surface area contributed by atoms with Crippen LogP contribution in [0.5, 0.6) is 0 Å². The molecule has 0 saturated heterocycles. The van der Waals surface area contributed by atoms with Gasteiger partial charge in [0.25, 0.3) is 0 Å². The number of aliphatic hydroxyl groups is 1. The van der Waals surface area contributed by atoms with Crippen LogP contribution in [0.3, 0.4) is 0 Å². The molecule has 0 unspecified atom stereocenters. The van der Waals surface area contributed by atoms with Gasteiger partial charge in [-0.2, -0.15) is 11.8 Å². The van der Waals surface area contributed by atoms with Crippen molar-refractivity contribution in [1.82, 2.24) is 5.16 Å². The van der Waals surface area contributed by atoms with E-state index >= 15 is 0 Å². The van der Waals surface area contributed by atoms with Crippen LogP contribution in [-0.2, 0) is 17.0 Å². The Kier molecular flexibility index (Phi) is 7.83. The van der Waals surface area contributed by atoms with E-state index in [2.05, 4.69) is 17.3 Å². The number of aromatic nitrogens is 1. The molecule has 2 N–H and O–H groups in total. The summed E-state index contributed by atoms with van der Waals surface area (Å²) in [4.78, 5) is 10.8. The third-order valence-corrected chi connectivity index (χ3v) is 6.78. The summed E-state index contributed by atoms with van der Waals surface area (Å²) in [6, 6.07) is 26.1. The standard InChI is InChI=1S/C28H27NO4S/c1-19-27(25(30)18-34-17-21-5-3-2-4-6-21)28(33-29-19)24-14-12-23(13-15-24)22-10-7-20(8-11-22)9-16-26(31)32/h2-8,10-15,25,30H,9,16-18H2,1H3,(H,31,32)/t25-/m1/s1. The van der Waals surface area contributed by atoms with Crippen molar-refractivity contribution in [2.75, 3.05) is 5.75 Å². The van der Waals surface area contributed by atoms with Gasteiger partial charge < -0.3 is 14.7 Å². The molecule has 6 heteroatoms. The largest absolute Gasteiger partial charge is 0.481 e. The lowest BCUT2D eigenvalue weighted by atomic mass is 9.98. The fourth-order valence-corrected chi connectivity index (χ4v) is 4.79. The maximum atomic E-state index is 10.9. The lowest BCUT2D eigenvalue weighted by molar-refractivity contribution is -0.136. The van der Waals surface area contributed by atoms with Crippen LogP contribution in [0.15, 0.2) is 83.4 Å². The highest BCUT2D eigenvalue weighted by Crippen LogP contribution is 2.34. The van der Waals surface area contributed by atoms with Crippen LogP contribution in [0.2, 0.25) is 0 Å². The van der Waals surface area contributed by atoms with E-state index < -0.39 is 12.1 Å². The SMILES string of the molecule is Cc1noc(-c2ccc(-c3ccc(CCC(=O)O)cc3)cc2)c1[C@H](O)CSCc1ccccc1. The van der Waals surface area contributed by atoms with Crippen LogP contribution in [-0.4, -0.2) is 27.1 Å². The Morgan fingerprint density at radius 1 is 0.912 bits per heavy atom. The molecule has 34 heavy (non-hydrogen) atoms. The average molecular weight is 474 g/mol. The van der Waals surface area contributed by atoms with Crippen molar-refractivity contribution >= 4 is 17.7 Å². The Bertz CT molecular complexity index is 1220. The fourth-order valence-electron chi connectivity index (χ4n) is 3.85. The van der Waals surface area contributed by atoms with Gasteiger partial charge in [-0.3, -0.25) is 4.79 Å². The molecule has 0 spiro atoms. The van der Waals surface area contributed by atoms with E-state index in [9.17, 15) is 9.90 Å². The lowest BCUT2D eigenvalue weighted by Gasteiger charge is -2.12. The van der Waals surface area contributed by atoms with Gasteiger partial charge in [0, 0.05) is 23.5 Å². The second-order valence-corrected chi connectivity index (χ2v) is 9.23. The van der Waals surface area contributed by atoms with E-state index in [0.29, 0.717) is 23.6 Å². The predicted molar refractivity (Wildman–Crippen MR) is 136 cm³/mol. The predicted octanol–water partition coefficient (Wildman–Crippen LogP) is 6.30. The molecule has 4 rings (SSSR count). The van der Waals surface area contributed by atoms with Crippen molar-refractivity contribution in [3.63, 3.8) is 0 Å². The molecular formula is C28H27NO4S. The lowest BCUT2D eigenvalue weighted by Crippen LogP contribution is -2.03. The molecule has 0 aliphatic heterocycles. The number of thioether (sulfide) groups is 1. The molecule has 1 heterocycles. The van der Waals surface area contributed by atoms with Gasteiger partial charge in [-0.15, -0.1) is 0 Å². The second-order valence-electron chi connectivity index (χ2n) is 8.20. The van der Waals surface area contributed by atoms with Gasteiger partial charge in [-0.25, -0.2) is 0 Å². The van der Waals surface area contributed by atoms with Crippen LogP contribution >= 0.6 is 11.8 Å². The van der Waals surface area contributed by atoms with Crippen LogP contribution in [0.1, 0.15) is 34.9 Å². The molecule has 0 aliphatic rings. The quantitative estimate of drug-likeness (QED) is 0.281. The number of hydrogen-bond acceptors (Lipinski definition) is 5. The Balaban J connectivity index is 1.44. The number of hydrogen-bond donors (Lipinski definition) is 2. The van der Waals surface area contributed by atoms with E-state index in [1.807, 2.05) is 73.7 Å². The van der Waals surface area contributed by atoms with Gasteiger partial charge in [-0.1, -0.05) is 84.0 Å². The zero-order valence-corrected chi connectivity index (χ0v) is 19.8. The molecular weight excluding hydrogens is 446 g/mol. The minimum Gasteiger partial charge on any atom is -0.481 e. The summed E-state index contributed by atoms with van der Waals surface area (Å²) < 4.78 is 5.61. The number of nitrogens with zero attached hydrogens (tertiary/aromatic N) is 1. The number of aryl methyl sites for hydroxylation is 2. The normalized spacial score (nSPS) is 11.9. The third-order valence-electron chi connectivity index (χ3n) is 5.69. The summed E-state index contributed by atoms with van der Waals surface area (Å²) in [6.07, 6.45) is -0.0226. The third kappa shape index (κ3) is 5.95. The molecule has 0 amide bonds. The van der Waals surface area contributed by atoms with E-state index in [4.69, 9.17) is 9.63 Å².